The minimum Gasteiger partial charge on any atom is -0.375 e. The van der Waals surface area contributed by atoms with E-state index < -0.39 is 0 Å². The first-order chi connectivity index (χ1) is 7.29. The van der Waals surface area contributed by atoms with Crippen LogP contribution in [0.25, 0.3) is 0 Å². The average molecular weight is 298 g/mol. The van der Waals surface area contributed by atoms with E-state index in [1.54, 1.807) is 11.3 Å². The number of thiazole rings is 1. The van der Waals surface area contributed by atoms with Gasteiger partial charge >= 0.3 is 0 Å². The molecule has 100 valence electrons. The number of anilines is 1. The zero-order valence-corrected chi connectivity index (χ0v) is 12.6. The molecular formula is C11H21Cl2N3S. The number of rotatable bonds is 3. The van der Waals surface area contributed by atoms with Gasteiger partial charge in [0, 0.05) is 24.4 Å². The monoisotopic (exact) mass is 297 g/mol. The Hall–Kier alpha value is -0.0300. The molecule has 17 heavy (non-hydrogen) atoms. The first-order valence-corrected chi connectivity index (χ1v) is 6.57. The van der Waals surface area contributed by atoms with Gasteiger partial charge in [0.2, 0.25) is 0 Å². The largest absolute Gasteiger partial charge is 0.375 e. The number of aromatic nitrogens is 1. The summed E-state index contributed by atoms with van der Waals surface area (Å²) < 4.78 is 0. The van der Waals surface area contributed by atoms with Gasteiger partial charge in [-0.15, -0.1) is 36.2 Å². The molecule has 0 aliphatic carbocycles. The highest BCUT2D eigenvalue weighted by Gasteiger charge is 2.16. The van der Waals surface area contributed by atoms with Gasteiger partial charge in [0.15, 0.2) is 5.13 Å². The van der Waals surface area contributed by atoms with E-state index in [4.69, 9.17) is 5.73 Å². The molecule has 2 N–H and O–H groups in total. The van der Waals surface area contributed by atoms with E-state index in [1.807, 2.05) is 0 Å². The van der Waals surface area contributed by atoms with Crippen LogP contribution in [0.2, 0.25) is 0 Å². The summed E-state index contributed by atoms with van der Waals surface area (Å²) in [4.78, 5) is 8.35. The SMILES string of the molecule is CCCCN1CCc2nc(N)sc2CC1.Cl.Cl. The number of unbranched alkanes of at least 4 members (excludes halogenated alkanes) is 1. The van der Waals surface area contributed by atoms with Gasteiger partial charge in [0.1, 0.15) is 0 Å². The Morgan fingerprint density at radius 3 is 2.71 bits per heavy atom. The summed E-state index contributed by atoms with van der Waals surface area (Å²) in [6.07, 6.45) is 4.80. The van der Waals surface area contributed by atoms with Gasteiger partial charge < -0.3 is 10.6 Å². The zero-order valence-electron chi connectivity index (χ0n) is 10.1. The van der Waals surface area contributed by atoms with Crippen molar-refractivity contribution in [3.8, 4) is 0 Å². The Labute approximate surface area is 120 Å². The standard InChI is InChI=1S/C11H19N3S.2ClH/c1-2-3-6-14-7-4-9-10(5-8-14)15-11(12)13-9;;/h2-8H2,1H3,(H2,12,13);2*1H. The molecule has 0 atom stereocenters. The van der Waals surface area contributed by atoms with Crippen molar-refractivity contribution in [3.05, 3.63) is 10.6 Å². The van der Waals surface area contributed by atoms with Crippen LogP contribution in [0.4, 0.5) is 5.13 Å². The van der Waals surface area contributed by atoms with E-state index in [9.17, 15) is 0 Å². The van der Waals surface area contributed by atoms with E-state index in [0.29, 0.717) is 0 Å². The van der Waals surface area contributed by atoms with Gasteiger partial charge in [0.25, 0.3) is 0 Å². The van der Waals surface area contributed by atoms with Crippen LogP contribution in [-0.4, -0.2) is 29.5 Å². The van der Waals surface area contributed by atoms with Crippen molar-refractivity contribution < 1.29 is 0 Å². The van der Waals surface area contributed by atoms with Crippen molar-refractivity contribution in [1.29, 1.82) is 0 Å². The molecular weight excluding hydrogens is 277 g/mol. The molecule has 1 aromatic rings. The Bertz CT molecular complexity index is 305. The predicted octanol–water partition coefficient (Wildman–Crippen LogP) is 2.77. The molecule has 0 radical (unpaired) electrons. The molecule has 2 heterocycles. The van der Waals surface area contributed by atoms with Crippen LogP contribution in [0.15, 0.2) is 0 Å². The molecule has 0 amide bonds. The third-order valence-electron chi connectivity index (χ3n) is 2.94. The van der Waals surface area contributed by atoms with Crippen LogP contribution >= 0.6 is 36.2 Å². The van der Waals surface area contributed by atoms with Crippen molar-refractivity contribution in [3.63, 3.8) is 0 Å². The summed E-state index contributed by atoms with van der Waals surface area (Å²) in [6.45, 7) is 5.81. The number of nitrogens with two attached hydrogens (primary N) is 1. The van der Waals surface area contributed by atoms with Crippen molar-refractivity contribution >= 4 is 41.3 Å². The van der Waals surface area contributed by atoms with Gasteiger partial charge in [-0.2, -0.15) is 0 Å². The zero-order chi connectivity index (χ0) is 10.7. The van der Waals surface area contributed by atoms with Crippen molar-refractivity contribution in [2.45, 2.75) is 32.6 Å². The molecule has 1 aliphatic rings. The number of hydrogen-bond acceptors (Lipinski definition) is 4. The Morgan fingerprint density at radius 2 is 2.00 bits per heavy atom. The lowest BCUT2D eigenvalue weighted by Gasteiger charge is -2.18. The lowest BCUT2D eigenvalue weighted by molar-refractivity contribution is 0.282. The van der Waals surface area contributed by atoms with Crippen molar-refractivity contribution in [1.82, 2.24) is 9.88 Å². The normalized spacial score (nSPS) is 15.4. The van der Waals surface area contributed by atoms with Crippen LogP contribution in [0, 0.1) is 0 Å². The first-order valence-electron chi connectivity index (χ1n) is 5.76. The molecule has 0 bridgehead atoms. The summed E-state index contributed by atoms with van der Waals surface area (Å²) in [5.41, 5.74) is 6.96. The number of nitrogen functional groups attached to an aromatic ring is 1. The molecule has 0 saturated heterocycles. The highest BCUT2D eigenvalue weighted by Crippen LogP contribution is 2.24. The maximum atomic E-state index is 5.72. The summed E-state index contributed by atoms with van der Waals surface area (Å²) >= 11 is 1.67. The van der Waals surface area contributed by atoms with E-state index in [-0.39, 0.29) is 24.8 Å². The molecule has 0 saturated carbocycles. The molecule has 0 fully saturated rings. The highest BCUT2D eigenvalue weighted by atomic mass is 35.5. The Balaban J connectivity index is 0.00000128. The van der Waals surface area contributed by atoms with Gasteiger partial charge in [-0.1, -0.05) is 13.3 Å². The molecule has 2 rings (SSSR count). The second-order valence-corrected chi connectivity index (χ2v) is 5.23. The van der Waals surface area contributed by atoms with E-state index in [1.165, 1.54) is 36.5 Å². The van der Waals surface area contributed by atoms with Crippen LogP contribution in [-0.2, 0) is 12.8 Å². The first kappa shape index (κ1) is 17.0. The fraction of sp³-hybridized carbons (Fsp3) is 0.727. The average Bonchev–Trinajstić information content (AvgIpc) is 2.48. The third kappa shape index (κ3) is 4.62. The lowest BCUT2D eigenvalue weighted by Crippen LogP contribution is -2.27. The number of hydrogen-bond donors (Lipinski definition) is 1. The van der Waals surface area contributed by atoms with Crippen LogP contribution < -0.4 is 5.73 Å². The summed E-state index contributed by atoms with van der Waals surface area (Å²) in [5.74, 6) is 0. The Morgan fingerprint density at radius 1 is 1.29 bits per heavy atom. The smallest absolute Gasteiger partial charge is 0.180 e. The van der Waals surface area contributed by atoms with E-state index in [0.717, 1.165) is 24.5 Å². The maximum Gasteiger partial charge on any atom is 0.180 e. The molecule has 0 aromatic carbocycles. The second-order valence-electron chi connectivity index (χ2n) is 4.12. The predicted molar refractivity (Wildman–Crippen MR) is 79.8 cm³/mol. The summed E-state index contributed by atoms with van der Waals surface area (Å²) in [5, 5.41) is 0.738. The van der Waals surface area contributed by atoms with Crippen molar-refractivity contribution in [2.24, 2.45) is 0 Å². The topological polar surface area (TPSA) is 42.2 Å². The molecule has 1 aliphatic heterocycles. The highest BCUT2D eigenvalue weighted by molar-refractivity contribution is 7.15. The van der Waals surface area contributed by atoms with Crippen molar-refractivity contribution in [2.75, 3.05) is 25.4 Å². The fourth-order valence-corrected chi connectivity index (χ4v) is 2.90. The minimum absolute atomic E-state index is 0. The van der Waals surface area contributed by atoms with Gasteiger partial charge in [-0.05, 0) is 19.4 Å². The molecule has 3 nitrogen and oxygen atoms in total. The number of halogens is 2. The van der Waals surface area contributed by atoms with E-state index >= 15 is 0 Å². The fourth-order valence-electron chi connectivity index (χ4n) is 2.03. The van der Waals surface area contributed by atoms with Gasteiger partial charge in [-0.3, -0.25) is 0 Å². The molecule has 1 aromatic heterocycles. The van der Waals surface area contributed by atoms with Crippen LogP contribution in [0.1, 0.15) is 30.3 Å². The molecule has 0 unspecified atom stereocenters. The number of fused-ring (bicyclic) bond motifs is 1. The van der Waals surface area contributed by atoms with Gasteiger partial charge in [0.05, 0.1) is 5.69 Å². The minimum atomic E-state index is 0. The molecule has 0 spiro atoms. The molecule has 6 heteroatoms. The lowest BCUT2D eigenvalue weighted by atomic mass is 10.2. The second kappa shape index (κ2) is 8.14. The van der Waals surface area contributed by atoms with Crippen LogP contribution in [0.3, 0.4) is 0 Å². The summed E-state index contributed by atoms with van der Waals surface area (Å²) in [6, 6.07) is 0. The number of nitrogens with zero attached hydrogens (tertiary/aromatic N) is 2. The van der Waals surface area contributed by atoms with Crippen LogP contribution in [0.5, 0.6) is 0 Å². The van der Waals surface area contributed by atoms with E-state index in [2.05, 4.69) is 16.8 Å². The maximum absolute atomic E-state index is 5.72. The van der Waals surface area contributed by atoms with Gasteiger partial charge in [-0.25, -0.2) is 4.98 Å². The summed E-state index contributed by atoms with van der Waals surface area (Å²) in [7, 11) is 0. The Kier molecular flexibility index (Phi) is 8.12. The third-order valence-corrected chi connectivity index (χ3v) is 3.93. The quantitative estimate of drug-likeness (QED) is 0.933.